The number of rotatable bonds is 12. The number of para-hydroxylation sites is 6. The van der Waals surface area contributed by atoms with Gasteiger partial charge in [-0.3, -0.25) is 0 Å². The van der Waals surface area contributed by atoms with Crippen molar-refractivity contribution in [2.45, 2.75) is 0 Å². The van der Waals surface area contributed by atoms with E-state index in [-0.39, 0.29) is 0 Å². The molecule has 240 valence electrons. The van der Waals surface area contributed by atoms with Crippen LogP contribution in [0.15, 0.2) is 196 Å². The van der Waals surface area contributed by atoms with E-state index in [9.17, 15) is 0 Å². The minimum absolute atomic E-state index is 0.582. The van der Waals surface area contributed by atoms with Crippen LogP contribution in [0.1, 0.15) is 0 Å². The van der Waals surface area contributed by atoms with Gasteiger partial charge in [0.25, 0.3) is 0 Å². The minimum atomic E-state index is -3.49. The Morgan fingerprint density at radius 2 is 0.500 bits per heavy atom. The molecule has 6 aromatic rings. The second kappa shape index (κ2) is 14.3. The molecule has 0 bridgehead atoms. The second-order valence-corrected chi connectivity index (χ2v) is 17.2. The first-order valence-electron chi connectivity index (χ1n) is 15.2. The first-order chi connectivity index (χ1) is 23.6. The Balaban J connectivity index is 1.55. The molecule has 0 saturated carbocycles. The third-order valence-electron chi connectivity index (χ3n) is 6.80. The van der Waals surface area contributed by atoms with Gasteiger partial charge in [0, 0.05) is 17.1 Å². The van der Waals surface area contributed by atoms with Crippen molar-refractivity contribution in [3.63, 3.8) is 0 Å². The average molecular weight is 691 g/mol. The Bertz CT molecular complexity index is 1710. The predicted molar refractivity (Wildman–Crippen MR) is 199 cm³/mol. The van der Waals surface area contributed by atoms with E-state index < -0.39 is 22.7 Å². The molecule has 48 heavy (non-hydrogen) atoms. The minimum Gasteiger partial charge on any atom is -0.427 e. The fourth-order valence-electron chi connectivity index (χ4n) is 4.79. The van der Waals surface area contributed by atoms with Gasteiger partial charge in [0.05, 0.1) is 0 Å². The lowest BCUT2D eigenvalue weighted by atomic mass is 10.3. The van der Waals surface area contributed by atoms with Crippen LogP contribution in [0.5, 0.6) is 17.2 Å². The van der Waals surface area contributed by atoms with E-state index in [1.807, 2.05) is 182 Å². The van der Waals surface area contributed by atoms with Gasteiger partial charge in [-0.25, -0.2) is 0 Å². The predicted octanol–water partition coefficient (Wildman–Crippen LogP) is 12.4. The van der Waals surface area contributed by atoms with Gasteiger partial charge < -0.3 is 28.8 Å². The van der Waals surface area contributed by atoms with Gasteiger partial charge in [-0.1, -0.05) is 109 Å². The van der Waals surface area contributed by atoms with Crippen LogP contribution in [0.2, 0.25) is 0 Å². The van der Waals surface area contributed by atoms with Gasteiger partial charge in [0.1, 0.15) is 17.2 Å². The van der Waals surface area contributed by atoms with Crippen LogP contribution in [0.25, 0.3) is 0 Å². The number of benzene rings is 6. The molecule has 0 radical (unpaired) electrons. The van der Waals surface area contributed by atoms with E-state index in [0.717, 1.165) is 17.1 Å². The summed E-state index contributed by atoms with van der Waals surface area (Å²) >= 11 is 0. The molecular formula is C36H33N6O3P3. The molecule has 0 saturated heterocycles. The largest absolute Gasteiger partial charge is 0.427 e. The van der Waals surface area contributed by atoms with Crippen molar-refractivity contribution in [3.8, 4) is 17.2 Å². The van der Waals surface area contributed by atoms with E-state index in [0.29, 0.717) is 17.2 Å². The van der Waals surface area contributed by atoms with Crippen molar-refractivity contribution >= 4 is 39.8 Å². The van der Waals surface area contributed by atoms with Gasteiger partial charge in [0.15, 0.2) is 0 Å². The summed E-state index contributed by atoms with van der Waals surface area (Å²) in [5.74, 6) is 1.75. The average Bonchev–Trinajstić information content (AvgIpc) is 3.10. The summed E-state index contributed by atoms with van der Waals surface area (Å²) in [5.41, 5.74) is 2.31. The normalized spacial score (nSPS) is 21.2. The Kier molecular flexibility index (Phi) is 9.35. The topological polar surface area (TPSA) is 101 Å². The van der Waals surface area contributed by atoms with Crippen molar-refractivity contribution in [1.82, 2.24) is 0 Å². The van der Waals surface area contributed by atoms with Crippen LogP contribution in [0, 0.1) is 0 Å². The Labute approximate surface area is 280 Å². The van der Waals surface area contributed by atoms with Crippen molar-refractivity contribution in [1.29, 1.82) is 0 Å². The zero-order valence-electron chi connectivity index (χ0n) is 25.7. The Hall–Kier alpha value is -5.19. The molecule has 6 aromatic carbocycles. The molecule has 3 N–H and O–H groups in total. The molecule has 1 heterocycles. The van der Waals surface area contributed by atoms with Crippen molar-refractivity contribution in [3.05, 3.63) is 182 Å². The molecule has 0 amide bonds. The molecule has 9 nitrogen and oxygen atoms in total. The van der Waals surface area contributed by atoms with E-state index in [1.165, 1.54) is 0 Å². The maximum atomic E-state index is 6.93. The lowest BCUT2D eigenvalue weighted by Gasteiger charge is -2.35. The highest BCUT2D eigenvalue weighted by Gasteiger charge is 2.44. The lowest BCUT2D eigenvalue weighted by Crippen LogP contribution is -2.13. The van der Waals surface area contributed by atoms with Crippen LogP contribution in [0.4, 0.5) is 17.1 Å². The maximum absolute atomic E-state index is 6.93. The number of nitrogens with zero attached hydrogens (tertiary/aromatic N) is 3. The number of hydrogen-bond donors (Lipinski definition) is 3. The zero-order valence-corrected chi connectivity index (χ0v) is 28.4. The number of hydrogen-bond acceptors (Lipinski definition) is 9. The fourth-order valence-corrected chi connectivity index (χ4v) is 14.9. The third kappa shape index (κ3) is 7.84. The molecule has 0 atom stereocenters. The van der Waals surface area contributed by atoms with Crippen LogP contribution >= 0.6 is 22.7 Å². The molecule has 0 fully saturated rings. The van der Waals surface area contributed by atoms with Gasteiger partial charge in [-0.15, -0.1) is 13.5 Å². The van der Waals surface area contributed by atoms with Crippen LogP contribution in [0.3, 0.4) is 0 Å². The molecule has 1 aliphatic heterocycles. The summed E-state index contributed by atoms with van der Waals surface area (Å²) in [6.07, 6.45) is 0. The first kappa shape index (κ1) is 31.4. The molecule has 0 spiro atoms. The summed E-state index contributed by atoms with van der Waals surface area (Å²) < 4.78 is 37.1. The molecule has 0 unspecified atom stereocenters. The highest BCUT2D eigenvalue weighted by Crippen LogP contribution is 2.77. The number of nitrogens with one attached hydrogen (secondary N) is 3. The van der Waals surface area contributed by atoms with Crippen LogP contribution in [-0.2, 0) is 0 Å². The molecule has 0 aromatic heterocycles. The van der Waals surface area contributed by atoms with Crippen molar-refractivity contribution in [2.24, 2.45) is 13.5 Å². The Morgan fingerprint density at radius 3 is 0.729 bits per heavy atom. The van der Waals surface area contributed by atoms with Crippen molar-refractivity contribution < 1.29 is 13.6 Å². The molecule has 7 rings (SSSR count). The van der Waals surface area contributed by atoms with Gasteiger partial charge in [-0.2, -0.15) is 0 Å². The van der Waals surface area contributed by atoms with E-state index in [1.54, 1.807) is 0 Å². The van der Waals surface area contributed by atoms with Gasteiger partial charge in [0.2, 0.25) is 0 Å². The third-order valence-corrected chi connectivity index (χ3v) is 15.7. The summed E-state index contributed by atoms with van der Waals surface area (Å²) in [4.78, 5) is 0. The number of anilines is 3. The van der Waals surface area contributed by atoms with Crippen LogP contribution in [-0.4, -0.2) is 0 Å². The summed E-state index contributed by atoms with van der Waals surface area (Å²) in [5, 5.41) is 10.8. The monoisotopic (exact) mass is 690 g/mol. The molecule has 1 aliphatic rings. The smallest absolute Gasteiger partial charge is 0.362 e. The molecular weight excluding hydrogens is 657 g/mol. The van der Waals surface area contributed by atoms with Crippen LogP contribution < -0.4 is 28.8 Å². The summed E-state index contributed by atoms with van der Waals surface area (Å²) in [6.45, 7) is 0. The summed E-state index contributed by atoms with van der Waals surface area (Å²) in [7, 11) is -10.5. The fraction of sp³-hybridized carbons (Fsp3) is 0. The standard InChI is InChI=1S/C36H33N6O3P3/c1-7-19-31(20-8-1)37-46(43-34-25-13-4-14-26-34)40-47(38-32-21-9-2-10-22-32,44-35-27-15-5-16-28-35)42-48(41-46,39-33-23-11-3-12-24-33)45-36-29-17-6-18-30-36/h1-30,37-39H. The second-order valence-electron chi connectivity index (χ2n) is 10.5. The van der Waals surface area contributed by atoms with Crippen molar-refractivity contribution in [2.75, 3.05) is 15.3 Å². The molecule has 0 aliphatic carbocycles. The van der Waals surface area contributed by atoms with E-state index in [4.69, 9.17) is 27.1 Å². The SMILES string of the molecule is c1ccc(NP2(Oc3ccccc3)=NP(Nc3ccccc3)(Oc3ccccc3)=NP(Nc3ccccc3)(Oc3ccccc3)=N2)cc1. The molecule has 12 heteroatoms. The highest BCUT2D eigenvalue weighted by molar-refractivity contribution is 7.84. The van der Waals surface area contributed by atoms with E-state index in [2.05, 4.69) is 15.3 Å². The maximum Gasteiger partial charge on any atom is 0.362 e. The van der Waals surface area contributed by atoms with Gasteiger partial charge in [-0.05, 0) is 72.8 Å². The lowest BCUT2D eigenvalue weighted by molar-refractivity contribution is 0.584. The zero-order chi connectivity index (χ0) is 32.5. The Morgan fingerprint density at radius 1 is 0.292 bits per heavy atom. The first-order valence-corrected chi connectivity index (χ1v) is 20.1. The quantitative estimate of drug-likeness (QED) is 0.111. The van der Waals surface area contributed by atoms with Gasteiger partial charge >= 0.3 is 22.7 Å². The van der Waals surface area contributed by atoms with E-state index >= 15 is 0 Å². The highest BCUT2D eigenvalue weighted by atomic mass is 31.3. The summed E-state index contributed by atoms with van der Waals surface area (Å²) in [6, 6.07) is 57.9.